The summed E-state index contributed by atoms with van der Waals surface area (Å²) >= 11 is 6.11. The van der Waals surface area contributed by atoms with Gasteiger partial charge >= 0.3 is 0 Å². The lowest BCUT2D eigenvalue weighted by Crippen LogP contribution is -2.54. The first-order valence-electron chi connectivity index (χ1n) is 8.92. The van der Waals surface area contributed by atoms with Crippen LogP contribution in [0.25, 0.3) is 0 Å². The van der Waals surface area contributed by atoms with Gasteiger partial charge in [-0.1, -0.05) is 17.7 Å². The van der Waals surface area contributed by atoms with Crippen LogP contribution in [0.4, 0.5) is 5.69 Å². The highest BCUT2D eigenvalue weighted by atomic mass is 127. The number of benzene rings is 1. The van der Waals surface area contributed by atoms with Gasteiger partial charge < -0.3 is 24.8 Å². The third-order valence-electron chi connectivity index (χ3n) is 4.79. The number of nitrogens with one attached hydrogen (secondary N) is 1. The third kappa shape index (κ3) is 5.87. The molecule has 0 amide bonds. The Labute approximate surface area is 178 Å². The molecule has 0 spiro atoms. The zero-order valence-corrected chi connectivity index (χ0v) is 18.6. The molecule has 0 bridgehead atoms. The molecule has 146 valence electrons. The minimum absolute atomic E-state index is 0. The maximum atomic E-state index is 6.11. The Morgan fingerprint density at radius 3 is 2.69 bits per heavy atom. The van der Waals surface area contributed by atoms with Gasteiger partial charge in [-0.2, -0.15) is 0 Å². The second kappa shape index (κ2) is 10.5. The number of morpholine rings is 1. The average molecular weight is 494 g/mol. The summed E-state index contributed by atoms with van der Waals surface area (Å²) in [6.45, 7) is 7.39. The normalized spacial score (nSPS) is 22.1. The van der Waals surface area contributed by atoms with Crippen LogP contribution in [0.2, 0.25) is 5.02 Å². The Bertz CT molecular complexity index is 595. The maximum Gasteiger partial charge on any atom is 0.193 e. The van der Waals surface area contributed by atoms with Crippen molar-refractivity contribution in [2.75, 3.05) is 71.4 Å². The van der Waals surface area contributed by atoms with Gasteiger partial charge in [-0.3, -0.25) is 4.99 Å². The summed E-state index contributed by atoms with van der Waals surface area (Å²) in [6, 6.07) is 8.07. The molecular weight excluding hydrogens is 465 g/mol. The predicted octanol–water partition coefficient (Wildman–Crippen LogP) is 1.99. The van der Waals surface area contributed by atoms with Crippen molar-refractivity contribution in [1.82, 2.24) is 15.1 Å². The fraction of sp³-hybridized carbons (Fsp3) is 0.611. The van der Waals surface area contributed by atoms with E-state index in [0.29, 0.717) is 0 Å². The molecule has 0 saturated carbocycles. The smallest absolute Gasteiger partial charge is 0.193 e. The second-order valence-corrected chi connectivity index (χ2v) is 7.07. The van der Waals surface area contributed by atoms with Gasteiger partial charge in [0.15, 0.2) is 5.96 Å². The summed E-state index contributed by atoms with van der Waals surface area (Å²) < 4.78 is 5.82. The number of guanidine groups is 1. The molecular formula is C18H29ClIN5O. The van der Waals surface area contributed by atoms with Gasteiger partial charge in [-0.25, -0.2) is 0 Å². The van der Waals surface area contributed by atoms with E-state index in [1.165, 1.54) is 5.69 Å². The van der Waals surface area contributed by atoms with E-state index in [4.69, 9.17) is 16.3 Å². The molecule has 1 N–H and O–H groups in total. The number of halogens is 2. The van der Waals surface area contributed by atoms with E-state index in [1.54, 1.807) is 0 Å². The summed E-state index contributed by atoms with van der Waals surface area (Å²) in [4.78, 5) is 11.4. The molecule has 1 aromatic carbocycles. The van der Waals surface area contributed by atoms with Crippen molar-refractivity contribution in [3.8, 4) is 0 Å². The SMILES string of the molecule is CN=C(NCC1CN(C)CCO1)N1CCN(c2cccc(Cl)c2)CC1.I. The highest BCUT2D eigenvalue weighted by Gasteiger charge is 2.22. The van der Waals surface area contributed by atoms with Gasteiger partial charge in [0.1, 0.15) is 0 Å². The molecule has 0 aromatic heterocycles. The first-order valence-corrected chi connectivity index (χ1v) is 9.30. The number of ether oxygens (including phenoxy) is 1. The van der Waals surface area contributed by atoms with Gasteiger partial charge in [0.05, 0.1) is 12.7 Å². The Morgan fingerprint density at radius 1 is 1.27 bits per heavy atom. The summed E-state index contributed by atoms with van der Waals surface area (Å²) in [5.74, 6) is 0.961. The number of anilines is 1. The van der Waals surface area contributed by atoms with Gasteiger partial charge in [0, 0.05) is 63.6 Å². The van der Waals surface area contributed by atoms with Crippen molar-refractivity contribution in [2.45, 2.75) is 6.10 Å². The first kappa shape index (κ1) is 21.5. The fourth-order valence-corrected chi connectivity index (χ4v) is 3.56. The lowest BCUT2D eigenvalue weighted by molar-refractivity contribution is -0.0163. The summed E-state index contributed by atoms with van der Waals surface area (Å²) in [5.41, 5.74) is 1.19. The zero-order chi connectivity index (χ0) is 17.6. The molecule has 2 heterocycles. The number of piperazine rings is 1. The van der Waals surface area contributed by atoms with Crippen molar-refractivity contribution in [2.24, 2.45) is 4.99 Å². The Balaban J connectivity index is 0.00000243. The Morgan fingerprint density at radius 2 is 2.04 bits per heavy atom. The number of hydrogen-bond acceptors (Lipinski definition) is 4. The fourth-order valence-electron chi connectivity index (χ4n) is 3.38. The number of likely N-dealkylation sites (N-methyl/N-ethyl adjacent to an activating group) is 1. The molecule has 0 aliphatic carbocycles. The molecule has 6 nitrogen and oxygen atoms in total. The predicted molar refractivity (Wildman–Crippen MR) is 119 cm³/mol. The molecule has 1 atom stereocenters. The molecule has 2 fully saturated rings. The minimum Gasteiger partial charge on any atom is -0.374 e. The number of nitrogens with zero attached hydrogens (tertiary/aromatic N) is 4. The maximum absolute atomic E-state index is 6.11. The summed E-state index contributed by atoms with van der Waals surface area (Å²) in [6.07, 6.45) is 0.225. The van der Waals surface area contributed by atoms with E-state index in [1.807, 2.05) is 25.2 Å². The largest absolute Gasteiger partial charge is 0.374 e. The Hall–Kier alpha value is -0.770. The highest BCUT2D eigenvalue weighted by molar-refractivity contribution is 14.0. The molecule has 1 unspecified atom stereocenters. The van der Waals surface area contributed by atoms with Crippen LogP contribution in [-0.4, -0.2) is 88.4 Å². The lowest BCUT2D eigenvalue weighted by atomic mass is 10.2. The van der Waals surface area contributed by atoms with Gasteiger partial charge in [-0.05, 0) is 25.2 Å². The van der Waals surface area contributed by atoms with Crippen molar-refractivity contribution < 1.29 is 4.74 Å². The number of rotatable bonds is 3. The van der Waals surface area contributed by atoms with Crippen LogP contribution in [0.1, 0.15) is 0 Å². The first-order chi connectivity index (χ1) is 12.2. The van der Waals surface area contributed by atoms with E-state index in [0.717, 1.165) is 63.4 Å². The van der Waals surface area contributed by atoms with E-state index in [2.05, 4.69) is 38.1 Å². The molecule has 26 heavy (non-hydrogen) atoms. The van der Waals surface area contributed by atoms with Crippen LogP contribution in [0.5, 0.6) is 0 Å². The zero-order valence-electron chi connectivity index (χ0n) is 15.5. The molecule has 2 saturated heterocycles. The van der Waals surface area contributed by atoms with E-state index in [-0.39, 0.29) is 30.1 Å². The molecule has 2 aliphatic rings. The van der Waals surface area contributed by atoms with E-state index >= 15 is 0 Å². The number of aliphatic imine (C=N–C) groups is 1. The molecule has 0 radical (unpaired) electrons. The standard InChI is InChI=1S/C18H28ClN5O.HI/c1-20-18(21-13-17-14-22(2)10-11-25-17)24-8-6-23(7-9-24)16-5-3-4-15(19)12-16;/h3-5,12,17H,6-11,13-14H2,1-2H3,(H,20,21);1H. The highest BCUT2D eigenvalue weighted by Crippen LogP contribution is 2.20. The summed E-state index contributed by atoms with van der Waals surface area (Å²) in [7, 11) is 3.99. The summed E-state index contributed by atoms with van der Waals surface area (Å²) in [5, 5.41) is 4.26. The lowest BCUT2D eigenvalue weighted by Gasteiger charge is -2.38. The van der Waals surface area contributed by atoms with E-state index < -0.39 is 0 Å². The quantitative estimate of drug-likeness (QED) is 0.396. The van der Waals surface area contributed by atoms with Crippen molar-refractivity contribution in [3.05, 3.63) is 29.3 Å². The minimum atomic E-state index is 0. The van der Waals surface area contributed by atoms with Gasteiger partial charge in [0.25, 0.3) is 0 Å². The van der Waals surface area contributed by atoms with E-state index in [9.17, 15) is 0 Å². The number of hydrogen-bond donors (Lipinski definition) is 1. The van der Waals surface area contributed by atoms with Crippen molar-refractivity contribution in [1.29, 1.82) is 0 Å². The Kier molecular flexibility index (Phi) is 8.72. The van der Waals surface area contributed by atoms with Crippen LogP contribution < -0.4 is 10.2 Å². The third-order valence-corrected chi connectivity index (χ3v) is 5.03. The topological polar surface area (TPSA) is 43.3 Å². The molecule has 1 aromatic rings. The van der Waals surface area contributed by atoms with Crippen LogP contribution in [0.15, 0.2) is 29.3 Å². The van der Waals surface area contributed by atoms with Crippen LogP contribution in [0, 0.1) is 0 Å². The monoisotopic (exact) mass is 493 g/mol. The van der Waals surface area contributed by atoms with Crippen LogP contribution in [0.3, 0.4) is 0 Å². The van der Waals surface area contributed by atoms with Crippen molar-refractivity contribution >= 4 is 47.2 Å². The van der Waals surface area contributed by atoms with Gasteiger partial charge in [0.2, 0.25) is 0 Å². The van der Waals surface area contributed by atoms with Crippen LogP contribution >= 0.6 is 35.6 Å². The average Bonchev–Trinajstić information content (AvgIpc) is 2.63. The van der Waals surface area contributed by atoms with Gasteiger partial charge in [-0.15, -0.1) is 24.0 Å². The van der Waals surface area contributed by atoms with Crippen LogP contribution in [-0.2, 0) is 4.74 Å². The van der Waals surface area contributed by atoms with Crippen molar-refractivity contribution in [3.63, 3.8) is 0 Å². The molecule has 3 rings (SSSR count). The molecule has 2 aliphatic heterocycles. The second-order valence-electron chi connectivity index (χ2n) is 6.64. The molecule has 8 heteroatoms.